The fourth-order valence-electron chi connectivity index (χ4n) is 0.968. The Bertz CT molecular complexity index is 388. The van der Waals surface area contributed by atoms with Crippen LogP contribution in [0.3, 0.4) is 0 Å². The summed E-state index contributed by atoms with van der Waals surface area (Å²) in [5.41, 5.74) is 6.40. The van der Waals surface area contributed by atoms with Crippen molar-refractivity contribution in [3.63, 3.8) is 0 Å². The van der Waals surface area contributed by atoms with Crippen LogP contribution < -0.4 is 16.2 Å². The molecule has 0 saturated carbocycles. The fraction of sp³-hybridized carbons (Fsp3) is 0.0909. The van der Waals surface area contributed by atoms with E-state index >= 15 is 0 Å². The number of hydrogen-bond donors (Lipinski definition) is 1. The van der Waals surface area contributed by atoms with Crippen LogP contribution >= 0.6 is 0 Å². The molecule has 12 heavy (non-hydrogen) atoms. The van der Waals surface area contributed by atoms with Crippen molar-refractivity contribution in [2.24, 2.45) is 0 Å². The van der Waals surface area contributed by atoms with Crippen LogP contribution in [0.4, 0.5) is 5.69 Å². The van der Waals surface area contributed by atoms with Gasteiger partial charge in [0.05, 0.1) is 0 Å². The van der Waals surface area contributed by atoms with E-state index in [1.807, 2.05) is 43.4 Å². The van der Waals surface area contributed by atoms with E-state index in [1.165, 1.54) is 0 Å². The molecule has 0 spiro atoms. The van der Waals surface area contributed by atoms with Gasteiger partial charge in [-0.1, -0.05) is 30.9 Å². The lowest BCUT2D eigenvalue weighted by atomic mass is 10.2. The average Bonchev–Trinajstić information content (AvgIpc) is 2.07. The van der Waals surface area contributed by atoms with Gasteiger partial charge in [-0.2, -0.15) is 0 Å². The second-order valence-corrected chi connectivity index (χ2v) is 2.65. The summed E-state index contributed by atoms with van der Waals surface area (Å²) < 4.78 is 0. The minimum atomic E-state index is 0.776. The lowest BCUT2D eigenvalue weighted by Crippen LogP contribution is -2.22. The molecule has 0 unspecified atom stereocenters. The second-order valence-electron chi connectivity index (χ2n) is 2.65. The van der Waals surface area contributed by atoms with E-state index < -0.39 is 0 Å². The second kappa shape index (κ2) is 3.77. The van der Waals surface area contributed by atoms with Crippen molar-refractivity contribution >= 4 is 18.3 Å². The Labute approximate surface area is 72.5 Å². The number of benzene rings is 1. The topological polar surface area (TPSA) is 26.0 Å². The van der Waals surface area contributed by atoms with Crippen molar-refractivity contribution in [3.8, 4) is 0 Å². The maximum Gasteiger partial charge on any atom is 0.0320 e. The van der Waals surface area contributed by atoms with Gasteiger partial charge in [-0.25, -0.2) is 0 Å². The summed E-state index contributed by atoms with van der Waals surface area (Å²) in [7, 11) is 0. The van der Waals surface area contributed by atoms with Crippen LogP contribution in [0.2, 0.25) is 0 Å². The normalized spacial score (nSPS) is 12.6. The molecule has 62 valence electrons. The molecule has 0 amide bonds. The van der Waals surface area contributed by atoms with Crippen molar-refractivity contribution in [2.75, 3.05) is 5.73 Å². The Balaban J connectivity index is 3.32. The molecule has 0 aliphatic heterocycles. The molecular formula is C11H13N. The molecule has 0 aliphatic carbocycles. The maximum absolute atomic E-state index is 5.63. The van der Waals surface area contributed by atoms with E-state index in [-0.39, 0.29) is 0 Å². The van der Waals surface area contributed by atoms with Crippen molar-refractivity contribution in [1.82, 2.24) is 0 Å². The Hall–Kier alpha value is -1.50. The van der Waals surface area contributed by atoms with Gasteiger partial charge in [0.1, 0.15) is 0 Å². The summed E-state index contributed by atoms with van der Waals surface area (Å²) in [5, 5.41) is 2.08. The Morgan fingerprint density at radius 1 is 1.42 bits per heavy atom. The SMILES string of the molecule is C=c1ccc(N)c/c1=C/C=C\C. The summed E-state index contributed by atoms with van der Waals surface area (Å²) >= 11 is 0. The molecule has 0 aromatic heterocycles. The number of nitrogen functional groups attached to an aromatic ring is 1. The van der Waals surface area contributed by atoms with E-state index in [4.69, 9.17) is 5.73 Å². The molecular weight excluding hydrogens is 146 g/mol. The number of allylic oxidation sites excluding steroid dienone is 2. The van der Waals surface area contributed by atoms with Crippen molar-refractivity contribution in [2.45, 2.75) is 6.92 Å². The van der Waals surface area contributed by atoms with Gasteiger partial charge in [-0.05, 0) is 29.5 Å². The Morgan fingerprint density at radius 2 is 2.17 bits per heavy atom. The van der Waals surface area contributed by atoms with Crippen LogP contribution in [-0.4, -0.2) is 0 Å². The van der Waals surface area contributed by atoms with Gasteiger partial charge in [0.2, 0.25) is 0 Å². The van der Waals surface area contributed by atoms with Crippen LogP contribution in [0.1, 0.15) is 6.92 Å². The fourth-order valence-corrected chi connectivity index (χ4v) is 0.968. The molecule has 0 bridgehead atoms. The van der Waals surface area contributed by atoms with E-state index in [1.54, 1.807) is 0 Å². The lowest BCUT2D eigenvalue weighted by molar-refractivity contribution is 1.53. The molecule has 1 aromatic carbocycles. The zero-order valence-electron chi connectivity index (χ0n) is 7.25. The summed E-state index contributed by atoms with van der Waals surface area (Å²) in [5.74, 6) is 0. The van der Waals surface area contributed by atoms with Gasteiger partial charge in [0, 0.05) is 5.69 Å². The Morgan fingerprint density at radius 3 is 2.83 bits per heavy atom. The van der Waals surface area contributed by atoms with Gasteiger partial charge >= 0.3 is 0 Å². The van der Waals surface area contributed by atoms with Gasteiger partial charge in [0.25, 0.3) is 0 Å². The molecule has 0 heterocycles. The molecule has 0 aliphatic rings. The Kier molecular flexibility index (Phi) is 2.70. The van der Waals surface area contributed by atoms with Crippen LogP contribution in [-0.2, 0) is 0 Å². The molecule has 1 heteroatoms. The third kappa shape index (κ3) is 1.99. The largest absolute Gasteiger partial charge is 0.399 e. The van der Waals surface area contributed by atoms with Gasteiger partial charge in [-0.3, -0.25) is 0 Å². The van der Waals surface area contributed by atoms with E-state index in [0.717, 1.165) is 16.1 Å². The number of nitrogens with two attached hydrogens (primary N) is 1. The van der Waals surface area contributed by atoms with Crippen LogP contribution in [0.15, 0.2) is 30.4 Å². The molecule has 2 N–H and O–H groups in total. The quantitative estimate of drug-likeness (QED) is 0.609. The minimum absolute atomic E-state index is 0.776. The molecule has 0 saturated heterocycles. The molecule has 0 radical (unpaired) electrons. The van der Waals surface area contributed by atoms with E-state index in [0.29, 0.717) is 0 Å². The first-order chi connectivity index (χ1) is 5.74. The molecule has 1 nitrogen and oxygen atoms in total. The first-order valence-corrected chi connectivity index (χ1v) is 3.91. The van der Waals surface area contributed by atoms with Crippen LogP contribution in [0.5, 0.6) is 0 Å². The van der Waals surface area contributed by atoms with E-state index in [9.17, 15) is 0 Å². The summed E-state index contributed by atoms with van der Waals surface area (Å²) in [4.78, 5) is 0. The molecule has 0 fully saturated rings. The third-order valence-electron chi connectivity index (χ3n) is 1.64. The predicted molar refractivity (Wildman–Crippen MR) is 54.9 cm³/mol. The van der Waals surface area contributed by atoms with Crippen LogP contribution in [0, 0.1) is 0 Å². The average molecular weight is 159 g/mol. The smallest absolute Gasteiger partial charge is 0.0320 e. The number of anilines is 1. The molecule has 1 aromatic rings. The zero-order chi connectivity index (χ0) is 8.97. The monoisotopic (exact) mass is 159 g/mol. The highest BCUT2D eigenvalue weighted by Gasteiger charge is 1.83. The van der Waals surface area contributed by atoms with Crippen molar-refractivity contribution in [1.29, 1.82) is 0 Å². The third-order valence-corrected chi connectivity index (χ3v) is 1.64. The van der Waals surface area contributed by atoms with E-state index in [2.05, 4.69) is 6.58 Å². The van der Waals surface area contributed by atoms with Crippen molar-refractivity contribution < 1.29 is 0 Å². The first-order valence-electron chi connectivity index (χ1n) is 3.91. The zero-order valence-corrected chi connectivity index (χ0v) is 7.25. The number of rotatable bonds is 1. The summed E-state index contributed by atoms with van der Waals surface area (Å²) in [6, 6.07) is 5.70. The van der Waals surface area contributed by atoms with Gasteiger partial charge in [-0.15, -0.1) is 0 Å². The standard InChI is InChI=1S/C11H13N/c1-3-4-5-10-8-11(12)7-6-9(10)2/h3-8H,2,12H2,1H3/b4-3-,10-5-. The van der Waals surface area contributed by atoms with Crippen LogP contribution in [0.25, 0.3) is 12.7 Å². The maximum atomic E-state index is 5.63. The highest BCUT2D eigenvalue weighted by molar-refractivity contribution is 5.45. The molecule has 1 rings (SSSR count). The van der Waals surface area contributed by atoms with Crippen molar-refractivity contribution in [3.05, 3.63) is 40.8 Å². The first kappa shape index (κ1) is 8.60. The van der Waals surface area contributed by atoms with Gasteiger partial charge < -0.3 is 5.73 Å². The highest BCUT2D eigenvalue weighted by atomic mass is 14.5. The number of hydrogen-bond acceptors (Lipinski definition) is 1. The van der Waals surface area contributed by atoms with Gasteiger partial charge in [0.15, 0.2) is 0 Å². The lowest BCUT2D eigenvalue weighted by Gasteiger charge is -1.91. The summed E-state index contributed by atoms with van der Waals surface area (Å²) in [6.07, 6.45) is 5.95. The summed E-state index contributed by atoms with van der Waals surface area (Å²) in [6.45, 7) is 5.87. The minimum Gasteiger partial charge on any atom is -0.399 e. The molecule has 0 atom stereocenters. The predicted octanol–water partition coefficient (Wildman–Crippen LogP) is 1.04. The highest BCUT2D eigenvalue weighted by Crippen LogP contribution is 1.89.